The monoisotopic (exact) mass is 605 g/mol. The number of hydrogen-bond donors (Lipinski definition) is 2. The Morgan fingerprint density at radius 3 is 2.49 bits per heavy atom. The van der Waals surface area contributed by atoms with Gasteiger partial charge >= 0.3 is 12.2 Å². The van der Waals surface area contributed by atoms with Gasteiger partial charge in [0, 0.05) is 5.69 Å². The van der Waals surface area contributed by atoms with Crippen LogP contribution >= 0.6 is 11.6 Å². The summed E-state index contributed by atoms with van der Waals surface area (Å²) in [6.07, 6.45) is -2.26. The summed E-state index contributed by atoms with van der Waals surface area (Å²) in [5.41, 5.74) is 0.416. The molecule has 0 saturated carbocycles. The molecule has 0 unspecified atom stereocenters. The molecule has 0 bridgehead atoms. The van der Waals surface area contributed by atoms with Crippen molar-refractivity contribution in [2.24, 2.45) is 0 Å². The lowest BCUT2D eigenvalue weighted by Gasteiger charge is -2.35. The summed E-state index contributed by atoms with van der Waals surface area (Å²) in [6.45, 7) is 4.88. The maximum Gasteiger partial charge on any atom is 0.412 e. The van der Waals surface area contributed by atoms with Gasteiger partial charge in [0.15, 0.2) is 0 Å². The van der Waals surface area contributed by atoms with Crippen molar-refractivity contribution in [3.63, 3.8) is 0 Å². The van der Waals surface area contributed by atoms with E-state index in [0.29, 0.717) is 0 Å². The van der Waals surface area contributed by atoms with E-state index in [1.165, 1.54) is 18.2 Å². The molecule has 0 fully saturated rings. The fraction of sp³-hybridized carbons (Fsp3) is 0.286. The molecule has 218 valence electrons. The predicted molar refractivity (Wildman–Crippen MR) is 151 cm³/mol. The number of sulfonamides is 1. The molecule has 0 aromatic heterocycles. The molecule has 10 nitrogen and oxygen atoms in total. The lowest BCUT2D eigenvalue weighted by atomic mass is 10.2. The summed E-state index contributed by atoms with van der Waals surface area (Å²) in [5, 5.41) is 4.80. The second-order valence-corrected chi connectivity index (χ2v) is 12.4. The van der Waals surface area contributed by atoms with Gasteiger partial charge in [-0.2, -0.15) is 0 Å². The highest BCUT2D eigenvalue weighted by Gasteiger charge is 2.35. The van der Waals surface area contributed by atoms with E-state index in [1.807, 2.05) is 30.3 Å². The number of ether oxygens (including phenoxy) is 3. The van der Waals surface area contributed by atoms with Crippen molar-refractivity contribution >= 4 is 45.2 Å². The molecule has 4 rings (SSSR count). The number of nitrogens with one attached hydrogen (secondary N) is 2. The van der Waals surface area contributed by atoms with Gasteiger partial charge in [-0.3, -0.25) is 9.62 Å². The molecule has 3 aromatic rings. The number of carbonyl (C=O) groups is 2. The van der Waals surface area contributed by atoms with Crippen LogP contribution in [-0.4, -0.2) is 45.4 Å². The van der Waals surface area contributed by atoms with Gasteiger partial charge in [0.1, 0.15) is 29.9 Å². The number of fused-ring (bicyclic) bond motifs is 1. The fourth-order valence-electron chi connectivity index (χ4n) is 3.88. The van der Waals surface area contributed by atoms with E-state index in [2.05, 4.69) is 10.6 Å². The van der Waals surface area contributed by atoms with E-state index in [9.17, 15) is 22.4 Å². The number of nitrogens with zero attached hydrogens (tertiary/aromatic N) is 1. The highest BCUT2D eigenvalue weighted by atomic mass is 35.5. The normalized spacial score (nSPS) is 14.9. The van der Waals surface area contributed by atoms with Gasteiger partial charge in [-0.1, -0.05) is 41.9 Å². The van der Waals surface area contributed by atoms with Gasteiger partial charge in [0.2, 0.25) is 0 Å². The predicted octanol–water partition coefficient (Wildman–Crippen LogP) is 5.71. The average molecular weight is 606 g/mol. The molecule has 2 amide bonds. The molecular formula is C28H29ClFN3O7S. The summed E-state index contributed by atoms with van der Waals surface area (Å²) in [4.78, 5) is 24.4. The third-order valence-corrected chi connectivity index (χ3v) is 7.77. The van der Waals surface area contributed by atoms with Crippen molar-refractivity contribution in [1.82, 2.24) is 5.32 Å². The minimum absolute atomic E-state index is 0.0558. The first-order valence-electron chi connectivity index (χ1n) is 12.5. The van der Waals surface area contributed by atoms with Crippen LogP contribution in [0.3, 0.4) is 0 Å². The zero-order valence-corrected chi connectivity index (χ0v) is 24.1. The van der Waals surface area contributed by atoms with Crippen LogP contribution in [0.4, 0.5) is 25.4 Å². The Morgan fingerprint density at radius 1 is 1.07 bits per heavy atom. The second kappa shape index (κ2) is 12.2. The third-order valence-electron chi connectivity index (χ3n) is 5.70. The molecule has 0 radical (unpaired) electrons. The van der Waals surface area contributed by atoms with Crippen molar-refractivity contribution < 1.29 is 36.6 Å². The summed E-state index contributed by atoms with van der Waals surface area (Å²) < 4.78 is 58.8. The summed E-state index contributed by atoms with van der Waals surface area (Å²) in [7, 11) is -4.29. The van der Waals surface area contributed by atoms with Crippen molar-refractivity contribution in [2.75, 3.05) is 22.7 Å². The van der Waals surface area contributed by atoms with E-state index in [0.717, 1.165) is 28.1 Å². The first kappa shape index (κ1) is 29.9. The highest BCUT2D eigenvalue weighted by molar-refractivity contribution is 7.92. The van der Waals surface area contributed by atoms with Crippen LogP contribution in [0.1, 0.15) is 26.3 Å². The van der Waals surface area contributed by atoms with Crippen molar-refractivity contribution in [3.05, 3.63) is 83.1 Å². The van der Waals surface area contributed by atoms with Crippen LogP contribution in [0.25, 0.3) is 0 Å². The van der Waals surface area contributed by atoms with Crippen LogP contribution < -0.4 is 19.7 Å². The summed E-state index contributed by atoms with van der Waals surface area (Å²) in [6, 6.07) is 16.6. The second-order valence-electron chi connectivity index (χ2n) is 10.1. The zero-order valence-electron chi connectivity index (χ0n) is 22.5. The number of benzene rings is 3. The van der Waals surface area contributed by atoms with Gasteiger partial charge in [-0.15, -0.1) is 0 Å². The number of carbonyl (C=O) groups excluding carboxylic acids is 2. The van der Waals surface area contributed by atoms with Gasteiger partial charge in [0.05, 0.1) is 28.7 Å². The first-order valence-corrected chi connectivity index (χ1v) is 14.4. The Bertz CT molecular complexity index is 1530. The standard InChI is InChI=1S/C28H29ClFN3O7S/c1-28(2,3)40-27(35)32-19-9-12-25-24(13-19)33(41(36,37)21-10-11-23(30)22(29)14-21)16-20(39-25)15-31-26(34)38-17-18-7-5-4-6-8-18/h4-14,20H,15-17H2,1-3H3,(H,31,34)(H,32,35)/t20-/m0/s1. The molecule has 0 spiro atoms. The van der Waals surface area contributed by atoms with E-state index >= 15 is 0 Å². The van der Waals surface area contributed by atoms with Crippen LogP contribution in [0, 0.1) is 5.82 Å². The Kier molecular flexibility index (Phi) is 8.93. The van der Waals surface area contributed by atoms with Crippen LogP contribution in [0.2, 0.25) is 5.02 Å². The van der Waals surface area contributed by atoms with Gasteiger partial charge in [0.25, 0.3) is 10.0 Å². The molecule has 1 heterocycles. The molecule has 0 saturated heterocycles. The molecule has 0 aliphatic carbocycles. The average Bonchev–Trinajstić information content (AvgIpc) is 2.91. The Morgan fingerprint density at radius 2 is 1.80 bits per heavy atom. The van der Waals surface area contributed by atoms with Crippen LogP contribution in [0.5, 0.6) is 5.75 Å². The number of halogens is 2. The maximum atomic E-state index is 13.8. The van der Waals surface area contributed by atoms with Gasteiger partial charge in [-0.05, 0) is 62.7 Å². The molecule has 1 aliphatic heterocycles. The minimum atomic E-state index is -4.29. The lowest BCUT2D eigenvalue weighted by molar-refractivity contribution is 0.0635. The molecule has 41 heavy (non-hydrogen) atoms. The summed E-state index contributed by atoms with van der Waals surface area (Å²) >= 11 is 5.88. The SMILES string of the molecule is CC(C)(C)OC(=O)Nc1ccc2c(c1)N(S(=O)(=O)c1ccc(F)c(Cl)c1)C[C@H](CNC(=O)OCc1ccccc1)O2. The van der Waals surface area contributed by atoms with E-state index < -0.39 is 39.7 Å². The zero-order chi connectivity index (χ0) is 29.8. The smallest absolute Gasteiger partial charge is 0.412 e. The molecule has 1 aliphatic rings. The molecule has 2 N–H and O–H groups in total. The number of amides is 2. The largest absolute Gasteiger partial charge is 0.484 e. The fourth-order valence-corrected chi connectivity index (χ4v) is 5.65. The maximum absolute atomic E-state index is 13.8. The topological polar surface area (TPSA) is 123 Å². The van der Waals surface area contributed by atoms with E-state index in [4.69, 9.17) is 25.8 Å². The number of rotatable bonds is 7. The number of anilines is 2. The van der Waals surface area contributed by atoms with Gasteiger partial charge in [-0.25, -0.2) is 22.4 Å². The lowest BCUT2D eigenvalue weighted by Crippen LogP contribution is -2.48. The highest BCUT2D eigenvalue weighted by Crippen LogP contribution is 2.39. The minimum Gasteiger partial charge on any atom is -0.484 e. The van der Waals surface area contributed by atoms with E-state index in [1.54, 1.807) is 20.8 Å². The Hall–Kier alpha value is -4.03. The number of hydrogen-bond acceptors (Lipinski definition) is 7. The molecular weight excluding hydrogens is 577 g/mol. The van der Waals surface area contributed by atoms with Crippen molar-refractivity contribution in [1.29, 1.82) is 0 Å². The first-order chi connectivity index (χ1) is 19.3. The van der Waals surface area contributed by atoms with Crippen LogP contribution in [-0.2, 0) is 26.1 Å². The molecule has 13 heteroatoms. The third kappa shape index (κ3) is 7.80. The Balaban J connectivity index is 1.56. The molecule has 1 atom stereocenters. The quantitative estimate of drug-likeness (QED) is 0.354. The Labute approximate surface area is 242 Å². The van der Waals surface area contributed by atoms with E-state index in [-0.39, 0.29) is 46.7 Å². The van der Waals surface area contributed by atoms with Gasteiger partial charge < -0.3 is 19.5 Å². The number of alkyl carbamates (subject to hydrolysis) is 1. The van der Waals surface area contributed by atoms with Crippen molar-refractivity contribution in [2.45, 2.75) is 44.0 Å². The molecule has 3 aromatic carbocycles. The van der Waals surface area contributed by atoms with Crippen LogP contribution in [0.15, 0.2) is 71.6 Å². The summed E-state index contributed by atoms with van der Waals surface area (Å²) in [5.74, 6) is -0.597. The van der Waals surface area contributed by atoms with Crippen molar-refractivity contribution in [3.8, 4) is 5.75 Å².